The van der Waals surface area contributed by atoms with E-state index < -0.39 is 15.8 Å². The molecular formula is C21H23ClN2O5S. The predicted molar refractivity (Wildman–Crippen MR) is 115 cm³/mol. The Morgan fingerprint density at radius 3 is 2.50 bits per heavy atom. The van der Waals surface area contributed by atoms with Gasteiger partial charge in [0.05, 0.1) is 29.7 Å². The second-order valence-corrected chi connectivity index (χ2v) is 9.75. The molecule has 2 atom stereocenters. The molecule has 2 aromatic carbocycles. The number of anilines is 1. The monoisotopic (exact) mass is 450 g/mol. The molecule has 2 unspecified atom stereocenters. The van der Waals surface area contributed by atoms with Crippen LogP contribution >= 0.6 is 11.6 Å². The summed E-state index contributed by atoms with van der Waals surface area (Å²) in [5.74, 6) is -0.431. The van der Waals surface area contributed by atoms with Crippen LogP contribution < -0.4 is 15.0 Å². The maximum absolute atomic E-state index is 12.8. The third-order valence-electron chi connectivity index (χ3n) is 5.09. The highest BCUT2D eigenvalue weighted by Gasteiger charge is 2.36. The molecule has 1 N–H and O–H groups in total. The van der Waals surface area contributed by atoms with Gasteiger partial charge >= 0.3 is 0 Å². The fourth-order valence-electron chi connectivity index (χ4n) is 3.41. The van der Waals surface area contributed by atoms with Gasteiger partial charge in [-0.25, -0.2) is 8.42 Å². The highest BCUT2D eigenvalue weighted by molar-refractivity contribution is 7.90. The van der Waals surface area contributed by atoms with Crippen molar-refractivity contribution in [3.8, 4) is 5.75 Å². The van der Waals surface area contributed by atoms with Crippen molar-refractivity contribution in [2.24, 2.45) is 5.92 Å². The van der Waals surface area contributed by atoms with E-state index >= 15 is 0 Å². The lowest BCUT2D eigenvalue weighted by Gasteiger charge is -2.20. The first kappa shape index (κ1) is 22.1. The predicted octanol–water partition coefficient (Wildman–Crippen LogP) is 2.98. The van der Waals surface area contributed by atoms with Crippen molar-refractivity contribution in [2.75, 3.05) is 24.8 Å². The van der Waals surface area contributed by atoms with Gasteiger partial charge in [0.15, 0.2) is 9.84 Å². The topological polar surface area (TPSA) is 92.8 Å². The molecule has 1 aliphatic rings. The first-order valence-electron chi connectivity index (χ1n) is 9.34. The van der Waals surface area contributed by atoms with E-state index in [4.69, 9.17) is 16.3 Å². The van der Waals surface area contributed by atoms with Crippen molar-refractivity contribution in [3.05, 3.63) is 53.1 Å². The molecule has 160 valence electrons. The molecule has 2 amide bonds. The molecule has 1 aliphatic heterocycles. The molecular weight excluding hydrogens is 428 g/mol. The van der Waals surface area contributed by atoms with Crippen LogP contribution in [0.1, 0.15) is 24.9 Å². The lowest BCUT2D eigenvalue weighted by atomic mass is 10.1. The number of halogens is 1. The number of hydrogen-bond acceptors (Lipinski definition) is 5. The lowest BCUT2D eigenvalue weighted by Crippen LogP contribution is -2.34. The smallest absolute Gasteiger partial charge is 0.227 e. The number of sulfone groups is 1. The van der Waals surface area contributed by atoms with Crippen molar-refractivity contribution in [2.45, 2.75) is 24.3 Å². The van der Waals surface area contributed by atoms with Gasteiger partial charge in [0, 0.05) is 24.2 Å². The highest BCUT2D eigenvalue weighted by atomic mass is 35.5. The van der Waals surface area contributed by atoms with Gasteiger partial charge in [-0.15, -0.1) is 0 Å². The summed E-state index contributed by atoms with van der Waals surface area (Å²) >= 11 is 6.06. The first-order valence-corrected chi connectivity index (χ1v) is 11.6. The molecule has 0 aromatic heterocycles. The van der Waals surface area contributed by atoms with E-state index in [0.29, 0.717) is 16.5 Å². The Kier molecular flexibility index (Phi) is 6.38. The number of carbonyl (C=O) groups is 2. The third kappa shape index (κ3) is 4.76. The average molecular weight is 451 g/mol. The van der Waals surface area contributed by atoms with Crippen molar-refractivity contribution >= 4 is 38.9 Å². The maximum atomic E-state index is 12.8. The Bertz CT molecular complexity index is 1070. The second kappa shape index (κ2) is 8.65. The molecule has 2 aromatic rings. The number of carbonyl (C=O) groups excluding carboxylic acids is 2. The second-order valence-electron chi connectivity index (χ2n) is 7.29. The summed E-state index contributed by atoms with van der Waals surface area (Å²) in [7, 11) is -1.77. The molecule has 0 bridgehead atoms. The molecule has 1 fully saturated rings. The summed E-state index contributed by atoms with van der Waals surface area (Å²) in [5, 5.41) is 3.37. The van der Waals surface area contributed by atoms with Crippen LogP contribution in [0.2, 0.25) is 5.02 Å². The third-order valence-corrected chi connectivity index (χ3v) is 6.46. The first-order chi connectivity index (χ1) is 14.1. The van der Waals surface area contributed by atoms with Gasteiger partial charge in [0.25, 0.3) is 0 Å². The van der Waals surface area contributed by atoms with Crippen LogP contribution in [0.15, 0.2) is 47.4 Å². The van der Waals surface area contributed by atoms with Crippen LogP contribution in [0.4, 0.5) is 5.69 Å². The quantitative estimate of drug-likeness (QED) is 0.730. The van der Waals surface area contributed by atoms with E-state index in [0.717, 1.165) is 11.8 Å². The van der Waals surface area contributed by atoms with Gasteiger partial charge in [-0.1, -0.05) is 23.7 Å². The zero-order valence-electron chi connectivity index (χ0n) is 16.9. The summed E-state index contributed by atoms with van der Waals surface area (Å²) < 4.78 is 28.5. The minimum atomic E-state index is -3.28. The molecule has 0 saturated carbocycles. The maximum Gasteiger partial charge on any atom is 0.227 e. The summed E-state index contributed by atoms with van der Waals surface area (Å²) in [6.07, 6.45) is 1.23. The number of benzene rings is 2. The average Bonchev–Trinajstić information content (AvgIpc) is 3.09. The normalized spacial score (nSPS) is 17.7. The Labute approximate surface area is 180 Å². The van der Waals surface area contributed by atoms with Crippen LogP contribution in [0.25, 0.3) is 0 Å². The van der Waals surface area contributed by atoms with Gasteiger partial charge in [-0.05, 0) is 42.8 Å². The molecule has 1 saturated heterocycles. The van der Waals surface area contributed by atoms with Gasteiger partial charge in [0.2, 0.25) is 11.8 Å². The van der Waals surface area contributed by atoms with Crippen molar-refractivity contribution in [1.29, 1.82) is 0 Å². The highest BCUT2D eigenvalue weighted by Crippen LogP contribution is 2.35. The summed E-state index contributed by atoms with van der Waals surface area (Å²) in [4.78, 5) is 27.0. The van der Waals surface area contributed by atoms with E-state index in [-0.39, 0.29) is 35.7 Å². The number of ether oxygens (including phenoxy) is 1. The molecule has 0 radical (unpaired) electrons. The fraction of sp³-hybridized carbons (Fsp3) is 0.333. The molecule has 0 spiro atoms. The lowest BCUT2D eigenvalue weighted by molar-refractivity contribution is -0.126. The minimum Gasteiger partial charge on any atom is -0.495 e. The summed E-state index contributed by atoms with van der Waals surface area (Å²) in [6.45, 7) is 2.03. The number of amides is 2. The largest absolute Gasteiger partial charge is 0.495 e. The van der Waals surface area contributed by atoms with Crippen LogP contribution in [0, 0.1) is 5.92 Å². The van der Waals surface area contributed by atoms with E-state index in [1.54, 1.807) is 30.3 Å². The molecule has 9 heteroatoms. The van der Waals surface area contributed by atoms with E-state index in [1.165, 1.54) is 24.1 Å². The van der Waals surface area contributed by atoms with Crippen LogP contribution in [-0.4, -0.2) is 40.1 Å². The van der Waals surface area contributed by atoms with E-state index in [2.05, 4.69) is 5.32 Å². The minimum absolute atomic E-state index is 0.0846. The van der Waals surface area contributed by atoms with E-state index in [9.17, 15) is 18.0 Å². The Hall–Kier alpha value is -2.58. The van der Waals surface area contributed by atoms with Gasteiger partial charge in [-0.2, -0.15) is 0 Å². The van der Waals surface area contributed by atoms with Crippen LogP contribution in [-0.2, 0) is 19.4 Å². The number of rotatable bonds is 6. The Morgan fingerprint density at radius 2 is 1.90 bits per heavy atom. The zero-order valence-corrected chi connectivity index (χ0v) is 18.5. The number of hydrogen-bond donors (Lipinski definition) is 1. The molecule has 3 rings (SSSR count). The Balaban J connectivity index is 1.69. The summed E-state index contributed by atoms with van der Waals surface area (Å²) in [6, 6.07) is 11.0. The molecule has 7 nitrogen and oxygen atoms in total. The number of nitrogens with zero attached hydrogens (tertiary/aromatic N) is 1. The van der Waals surface area contributed by atoms with Gasteiger partial charge in [0.1, 0.15) is 5.75 Å². The molecule has 30 heavy (non-hydrogen) atoms. The SMILES string of the molecule is COc1ccc(Cl)cc1N1CC(C(=O)NC(C)c2ccc(S(C)(=O)=O)cc2)CC1=O. The zero-order chi connectivity index (χ0) is 22.1. The van der Waals surface area contributed by atoms with Crippen molar-refractivity contribution < 1.29 is 22.7 Å². The van der Waals surface area contributed by atoms with Gasteiger partial charge in [-0.3, -0.25) is 9.59 Å². The van der Waals surface area contributed by atoms with Gasteiger partial charge < -0.3 is 15.0 Å². The number of methoxy groups -OCH3 is 1. The van der Waals surface area contributed by atoms with Crippen LogP contribution in [0.3, 0.4) is 0 Å². The fourth-order valence-corrected chi connectivity index (χ4v) is 4.21. The van der Waals surface area contributed by atoms with Crippen LogP contribution in [0.5, 0.6) is 5.75 Å². The Morgan fingerprint density at radius 1 is 1.23 bits per heavy atom. The molecule has 1 heterocycles. The number of nitrogens with one attached hydrogen (secondary N) is 1. The van der Waals surface area contributed by atoms with E-state index in [1.807, 2.05) is 6.92 Å². The van der Waals surface area contributed by atoms with Crippen molar-refractivity contribution in [1.82, 2.24) is 5.32 Å². The standard InChI is InChI=1S/C21H23ClN2O5S/c1-13(14-4-7-17(8-5-14)30(3,27)28)23-21(26)15-10-20(25)24(12-15)18-11-16(22)6-9-19(18)29-2/h4-9,11,13,15H,10,12H2,1-3H3,(H,23,26). The summed E-state index contributed by atoms with van der Waals surface area (Å²) in [5.41, 5.74) is 1.31. The molecule has 0 aliphatic carbocycles. The van der Waals surface area contributed by atoms with Crippen molar-refractivity contribution in [3.63, 3.8) is 0 Å².